The first kappa shape index (κ1) is 15.7. The van der Waals surface area contributed by atoms with Gasteiger partial charge in [0.1, 0.15) is 12.2 Å². The first-order chi connectivity index (χ1) is 10.4. The molecule has 4 rings (SSSR count). The zero-order chi connectivity index (χ0) is 16.0. The highest BCUT2D eigenvalue weighted by molar-refractivity contribution is 5.66. The molecule has 0 saturated heterocycles. The van der Waals surface area contributed by atoms with E-state index in [0.29, 0.717) is 12.8 Å². The number of hydrogen-bond donors (Lipinski definition) is 2. The predicted molar refractivity (Wildman–Crippen MR) is 75.5 cm³/mol. The van der Waals surface area contributed by atoms with Crippen molar-refractivity contribution >= 4 is 11.9 Å². The third-order valence-corrected chi connectivity index (χ3v) is 5.72. The molecule has 0 spiro atoms. The van der Waals surface area contributed by atoms with Gasteiger partial charge in [-0.2, -0.15) is 0 Å². The molecule has 0 aromatic rings. The second-order valence-corrected chi connectivity index (χ2v) is 6.91. The van der Waals surface area contributed by atoms with Gasteiger partial charge in [-0.15, -0.1) is 0 Å². The van der Waals surface area contributed by atoms with E-state index in [1.165, 1.54) is 13.8 Å². The molecular formula is C16H24O6. The Morgan fingerprint density at radius 1 is 0.773 bits per heavy atom. The summed E-state index contributed by atoms with van der Waals surface area (Å²) in [6, 6.07) is 0. The number of rotatable bonds is 2. The lowest BCUT2D eigenvalue weighted by Crippen LogP contribution is -2.64. The maximum Gasteiger partial charge on any atom is 0.302 e. The first-order valence-electron chi connectivity index (χ1n) is 8.10. The lowest BCUT2D eigenvalue weighted by molar-refractivity contribution is -0.229. The van der Waals surface area contributed by atoms with Gasteiger partial charge < -0.3 is 19.7 Å². The number of ether oxygens (including phenoxy) is 2. The Balaban J connectivity index is 1.90. The number of aliphatic hydroxyl groups excluding tert-OH is 2. The summed E-state index contributed by atoms with van der Waals surface area (Å²) in [4.78, 5) is 22.8. The van der Waals surface area contributed by atoms with Gasteiger partial charge in [-0.05, 0) is 37.5 Å². The van der Waals surface area contributed by atoms with Gasteiger partial charge in [-0.1, -0.05) is 0 Å². The highest BCUT2D eigenvalue weighted by Gasteiger charge is 2.60. The van der Waals surface area contributed by atoms with Gasteiger partial charge >= 0.3 is 11.9 Å². The fourth-order valence-electron chi connectivity index (χ4n) is 5.11. The number of carbonyl (C=O) groups excluding carboxylic acids is 2. The van der Waals surface area contributed by atoms with E-state index in [1.54, 1.807) is 0 Å². The van der Waals surface area contributed by atoms with Crippen molar-refractivity contribution in [3.05, 3.63) is 0 Å². The molecule has 8 atom stereocenters. The third-order valence-electron chi connectivity index (χ3n) is 5.72. The molecule has 0 heterocycles. The Morgan fingerprint density at radius 3 is 1.45 bits per heavy atom. The van der Waals surface area contributed by atoms with Crippen LogP contribution < -0.4 is 0 Å². The fourth-order valence-corrected chi connectivity index (χ4v) is 5.11. The molecule has 6 nitrogen and oxygen atoms in total. The molecule has 0 aromatic carbocycles. The molecule has 4 fully saturated rings. The SMILES string of the molecule is CC(=O)O[C@H]1CC[C@@H](OC(C)=O)[C@H]2[C@@H]3CC[C@@H]([C@@H](O)[C@H]3O)[C@H]21. The van der Waals surface area contributed by atoms with Crippen molar-refractivity contribution in [2.75, 3.05) is 0 Å². The minimum absolute atomic E-state index is 0.0425. The Bertz CT molecular complexity index is 422. The second kappa shape index (κ2) is 5.81. The summed E-state index contributed by atoms with van der Waals surface area (Å²) in [6.45, 7) is 2.78. The van der Waals surface area contributed by atoms with Crippen molar-refractivity contribution in [3.8, 4) is 0 Å². The number of fused-ring (bicyclic) bond motifs is 2. The van der Waals surface area contributed by atoms with E-state index in [1.807, 2.05) is 0 Å². The molecule has 124 valence electrons. The number of aliphatic hydroxyl groups is 2. The molecule has 4 aliphatic carbocycles. The summed E-state index contributed by atoms with van der Waals surface area (Å²) >= 11 is 0. The van der Waals surface area contributed by atoms with Crippen molar-refractivity contribution in [2.24, 2.45) is 23.7 Å². The molecule has 0 amide bonds. The van der Waals surface area contributed by atoms with Crippen LogP contribution in [0.4, 0.5) is 0 Å². The van der Waals surface area contributed by atoms with Crippen molar-refractivity contribution in [2.45, 2.75) is 63.9 Å². The Kier molecular flexibility index (Phi) is 4.16. The smallest absolute Gasteiger partial charge is 0.302 e. The summed E-state index contributed by atoms with van der Waals surface area (Å²) in [5.74, 6) is -0.948. The van der Waals surface area contributed by atoms with Crippen molar-refractivity contribution < 1.29 is 29.3 Å². The van der Waals surface area contributed by atoms with E-state index in [0.717, 1.165) is 12.8 Å². The highest BCUT2D eigenvalue weighted by atomic mass is 16.6. The molecule has 0 radical (unpaired) electrons. The van der Waals surface area contributed by atoms with Gasteiger partial charge in [0.05, 0.1) is 12.2 Å². The topological polar surface area (TPSA) is 93.1 Å². The van der Waals surface area contributed by atoms with E-state index in [-0.39, 0.29) is 47.8 Å². The van der Waals surface area contributed by atoms with Gasteiger partial charge in [-0.25, -0.2) is 0 Å². The van der Waals surface area contributed by atoms with E-state index in [2.05, 4.69) is 0 Å². The maximum atomic E-state index is 11.4. The third kappa shape index (κ3) is 2.52. The van der Waals surface area contributed by atoms with Crippen LogP contribution in [0, 0.1) is 23.7 Å². The van der Waals surface area contributed by atoms with E-state index >= 15 is 0 Å². The largest absolute Gasteiger partial charge is 0.462 e. The zero-order valence-corrected chi connectivity index (χ0v) is 13.0. The predicted octanol–water partition coefficient (Wildman–Crippen LogP) is 0.638. The van der Waals surface area contributed by atoms with Crippen LogP contribution in [-0.2, 0) is 19.1 Å². The van der Waals surface area contributed by atoms with E-state index < -0.39 is 12.2 Å². The molecule has 4 saturated carbocycles. The summed E-state index contributed by atoms with van der Waals surface area (Å²) < 4.78 is 11.0. The maximum absolute atomic E-state index is 11.4. The molecule has 4 aliphatic rings. The lowest BCUT2D eigenvalue weighted by atomic mass is 9.51. The Hall–Kier alpha value is -1.14. The van der Waals surface area contributed by atoms with Crippen molar-refractivity contribution in [3.63, 3.8) is 0 Å². The van der Waals surface area contributed by atoms with Crippen LogP contribution in [0.2, 0.25) is 0 Å². The lowest BCUT2D eigenvalue weighted by Gasteiger charge is -2.58. The minimum Gasteiger partial charge on any atom is -0.462 e. The van der Waals surface area contributed by atoms with Crippen LogP contribution in [0.25, 0.3) is 0 Å². The van der Waals surface area contributed by atoms with Gasteiger partial charge in [0.25, 0.3) is 0 Å². The number of hydrogen-bond acceptors (Lipinski definition) is 6. The molecule has 0 aliphatic heterocycles. The van der Waals surface area contributed by atoms with Crippen LogP contribution in [-0.4, -0.2) is 46.6 Å². The average Bonchev–Trinajstić information content (AvgIpc) is 2.44. The van der Waals surface area contributed by atoms with Gasteiger partial charge in [0, 0.05) is 25.7 Å². The minimum atomic E-state index is -0.783. The Labute approximate surface area is 129 Å². The summed E-state index contributed by atoms with van der Waals surface area (Å²) in [7, 11) is 0. The van der Waals surface area contributed by atoms with Crippen molar-refractivity contribution in [1.29, 1.82) is 0 Å². The molecule has 0 aromatic heterocycles. The van der Waals surface area contributed by atoms with Gasteiger partial charge in [-0.3, -0.25) is 9.59 Å². The Morgan fingerprint density at radius 2 is 1.14 bits per heavy atom. The summed E-state index contributed by atoms with van der Waals surface area (Å²) in [6.07, 6.45) is 0.801. The van der Waals surface area contributed by atoms with Crippen LogP contribution in [0.1, 0.15) is 39.5 Å². The van der Waals surface area contributed by atoms with Gasteiger partial charge in [0.15, 0.2) is 0 Å². The van der Waals surface area contributed by atoms with E-state index in [4.69, 9.17) is 9.47 Å². The molecule has 22 heavy (non-hydrogen) atoms. The van der Waals surface area contributed by atoms with E-state index in [9.17, 15) is 19.8 Å². The van der Waals surface area contributed by atoms with Crippen LogP contribution in [0.5, 0.6) is 0 Å². The molecule has 2 N–H and O–H groups in total. The zero-order valence-electron chi connectivity index (χ0n) is 13.0. The van der Waals surface area contributed by atoms with Crippen LogP contribution in [0.3, 0.4) is 0 Å². The summed E-state index contributed by atoms with van der Waals surface area (Å²) in [5, 5.41) is 20.7. The average molecular weight is 312 g/mol. The normalized spacial score (nSPS) is 46.7. The quantitative estimate of drug-likeness (QED) is 0.727. The van der Waals surface area contributed by atoms with Gasteiger partial charge in [0.2, 0.25) is 0 Å². The fraction of sp³-hybridized carbons (Fsp3) is 0.875. The molecule has 2 bridgehead atoms. The number of carbonyl (C=O) groups is 2. The van der Waals surface area contributed by atoms with Crippen molar-refractivity contribution in [1.82, 2.24) is 0 Å². The standard InChI is InChI=1S/C16H24O6/c1-7(17)21-11-5-6-12(22-8(2)18)14-10-4-3-9(13(11)14)15(19)16(10)20/h9-16,19-20H,3-6H2,1-2H3/t9-,10+,11+,12-,13+,14-,15-,16+. The van der Waals surface area contributed by atoms with Crippen LogP contribution in [0.15, 0.2) is 0 Å². The second-order valence-electron chi connectivity index (χ2n) is 6.91. The molecule has 0 unspecified atom stereocenters. The van der Waals surface area contributed by atoms with Crippen LogP contribution >= 0.6 is 0 Å². The molecule has 6 heteroatoms. The first-order valence-corrected chi connectivity index (χ1v) is 8.10. The monoisotopic (exact) mass is 312 g/mol. The summed E-state index contributed by atoms with van der Waals surface area (Å²) in [5.41, 5.74) is 0. The molecular weight excluding hydrogens is 288 g/mol. The number of esters is 2. The highest BCUT2D eigenvalue weighted by Crippen LogP contribution is 2.55.